The molecule has 5 rings (SSSR count). The van der Waals surface area contributed by atoms with Gasteiger partial charge in [-0.1, -0.05) is 36.4 Å². The first-order chi connectivity index (χ1) is 18.7. The zero-order valence-electron chi connectivity index (χ0n) is 21.2. The number of nitrogens with zero attached hydrogens (tertiary/aromatic N) is 3. The molecule has 3 aromatic carbocycles. The van der Waals surface area contributed by atoms with Crippen LogP contribution in [-0.2, 0) is 14.6 Å². The molecular formula is C29H27FN4O4S. The molecule has 0 unspecified atom stereocenters. The Labute approximate surface area is 226 Å². The maximum Gasteiger partial charge on any atom is 0.252 e. The molecule has 1 aliphatic rings. The first-order valence-electron chi connectivity index (χ1n) is 12.4. The Morgan fingerprint density at radius 1 is 0.923 bits per heavy atom. The standard InChI is InChI=1S/C29H27FN4O4S/c1-39(37,38)26-18-24(30)9-10-25(26)33-13-15-34(16-14-33)29(36)27(21-5-3-2-4-6-21)32-28(35)22-8-7-20-11-12-31-19-23(20)17-22/h2-12,17-19,27H,13-16H2,1H3,(H,32,35)/t27-/m1/s1. The molecule has 1 atom stereocenters. The number of aromatic nitrogens is 1. The average molecular weight is 547 g/mol. The van der Waals surface area contributed by atoms with Gasteiger partial charge in [-0.05, 0) is 47.3 Å². The van der Waals surface area contributed by atoms with Gasteiger partial charge in [-0.2, -0.15) is 0 Å². The van der Waals surface area contributed by atoms with Crippen LogP contribution < -0.4 is 10.2 Å². The highest BCUT2D eigenvalue weighted by Crippen LogP contribution is 2.28. The van der Waals surface area contributed by atoms with Crippen LogP contribution in [0.15, 0.2) is 90.1 Å². The molecule has 1 aliphatic heterocycles. The third kappa shape index (κ3) is 5.75. The summed E-state index contributed by atoms with van der Waals surface area (Å²) in [6.45, 7) is 1.32. The lowest BCUT2D eigenvalue weighted by molar-refractivity contribution is -0.133. The fourth-order valence-electron chi connectivity index (χ4n) is 4.77. The second-order valence-corrected chi connectivity index (χ2v) is 11.4. The van der Waals surface area contributed by atoms with Crippen molar-refractivity contribution in [3.8, 4) is 0 Å². The summed E-state index contributed by atoms with van der Waals surface area (Å²) in [5.41, 5.74) is 1.47. The number of hydrogen-bond donors (Lipinski definition) is 1. The monoisotopic (exact) mass is 546 g/mol. The summed E-state index contributed by atoms with van der Waals surface area (Å²) in [4.78, 5) is 34.5. The maximum absolute atomic E-state index is 13.8. The second-order valence-electron chi connectivity index (χ2n) is 9.45. The van der Waals surface area contributed by atoms with Crippen molar-refractivity contribution in [1.82, 2.24) is 15.2 Å². The molecule has 0 radical (unpaired) electrons. The van der Waals surface area contributed by atoms with Crippen LogP contribution in [-0.4, -0.2) is 62.6 Å². The summed E-state index contributed by atoms with van der Waals surface area (Å²) in [5.74, 6) is -1.28. The van der Waals surface area contributed by atoms with Gasteiger partial charge in [-0.25, -0.2) is 12.8 Å². The van der Waals surface area contributed by atoms with Crippen LogP contribution in [0.25, 0.3) is 10.8 Å². The van der Waals surface area contributed by atoms with Crippen LogP contribution in [0.2, 0.25) is 0 Å². The van der Waals surface area contributed by atoms with Crippen molar-refractivity contribution in [2.24, 2.45) is 0 Å². The highest BCUT2D eigenvalue weighted by Gasteiger charge is 2.31. The lowest BCUT2D eigenvalue weighted by Gasteiger charge is -2.38. The largest absolute Gasteiger partial charge is 0.367 e. The summed E-state index contributed by atoms with van der Waals surface area (Å²) in [7, 11) is -3.65. The van der Waals surface area contributed by atoms with Crippen molar-refractivity contribution in [3.05, 3.63) is 102 Å². The fraction of sp³-hybridized carbons (Fsp3) is 0.207. The third-order valence-corrected chi connectivity index (χ3v) is 7.94. The number of carbonyl (C=O) groups is 2. The van der Waals surface area contributed by atoms with Crippen LogP contribution in [0.3, 0.4) is 0 Å². The van der Waals surface area contributed by atoms with Gasteiger partial charge in [0, 0.05) is 55.8 Å². The predicted molar refractivity (Wildman–Crippen MR) is 147 cm³/mol. The lowest BCUT2D eigenvalue weighted by atomic mass is 10.0. The van der Waals surface area contributed by atoms with E-state index in [-0.39, 0.29) is 16.7 Å². The van der Waals surface area contributed by atoms with Gasteiger partial charge in [0.25, 0.3) is 5.91 Å². The molecular weight excluding hydrogens is 519 g/mol. The van der Waals surface area contributed by atoms with E-state index < -0.39 is 21.7 Å². The van der Waals surface area contributed by atoms with Crippen molar-refractivity contribution >= 4 is 38.1 Å². The Kier molecular flexibility index (Phi) is 7.30. The number of halogens is 1. The van der Waals surface area contributed by atoms with E-state index in [4.69, 9.17) is 0 Å². The van der Waals surface area contributed by atoms with E-state index in [1.54, 1.807) is 41.6 Å². The second kappa shape index (κ2) is 10.8. The molecule has 200 valence electrons. The fourth-order valence-corrected chi connectivity index (χ4v) is 5.67. The number of amides is 2. The van der Waals surface area contributed by atoms with Crippen LogP contribution in [0, 0.1) is 5.82 Å². The summed E-state index contributed by atoms with van der Waals surface area (Å²) in [5, 5.41) is 4.68. The van der Waals surface area contributed by atoms with Crippen molar-refractivity contribution in [2.75, 3.05) is 37.3 Å². The first-order valence-corrected chi connectivity index (χ1v) is 14.3. The molecule has 2 heterocycles. The number of fused-ring (bicyclic) bond motifs is 1. The zero-order chi connectivity index (χ0) is 27.6. The predicted octanol–water partition coefficient (Wildman–Crippen LogP) is 3.60. The van der Waals surface area contributed by atoms with Crippen molar-refractivity contribution in [1.29, 1.82) is 0 Å². The van der Waals surface area contributed by atoms with Gasteiger partial charge in [0.1, 0.15) is 11.9 Å². The Morgan fingerprint density at radius 3 is 2.38 bits per heavy atom. The number of anilines is 1. The Hall–Kier alpha value is -4.31. The van der Waals surface area contributed by atoms with Gasteiger partial charge < -0.3 is 15.1 Å². The molecule has 1 aromatic heterocycles. The van der Waals surface area contributed by atoms with E-state index in [1.165, 1.54) is 12.1 Å². The molecule has 4 aromatic rings. The molecule has 1 N–H and O–H groups in total. The van der Waals surface area contributed by atoms with E-state index in [0.29, 0.717) is 43.0 Å². The number of carbonyl (C=O) groups excluding carboxylic acids is 2. The quantitative estimate of drug-likeness (QED) is 0.397. The number of benzene rings is 3. The van der Waals surface area contributed by atoms with Gasteiger partial charge in [0.05, 0.1) is 10.6 Å². The number of pyridine rings is 1. The Balaban J connectivity index is 1.35. The molecule has 0 bridgehead atoms. The zero-order valence-corrected chi connectivity index (χ0v) is 22.1. The number of piperazine rings is 1. The van der Waals surface area contributed by atoms with E-state index in [1.807, 2.05) is 35.2 Å². The maximum atomic E-state index is 13.8. The molecule has 0 saturated carbocycles. The SMILES string of the molecule is CS(=O)(=O)c1cc(F)ccc1N1CCN(C(=O)[C@H](NC(=O)c2ccc3ccncc3c2)c2ccccc2)CC1. The van der Waals surface area contributed by atoms with Gasteiger partial charge in [0.15, 0.2) is 9.84 Å². The normalized spacial score (nSPS) is 14.7. The van der Waals surface area contributed by atoms with E-state index in [9.17, 15) is 22.4 Å². The number of nitrogens with one attached hydrogen (secondary N) is 1. The highest BCUT2D eigenvalue weighted by molar-refractivity contribution is 7.90. The number of sulfone groups is 1. The summed E-state index contributed by atoms with van der Waals surface area (Å²) >= 11 is 0. The van der Waals surface area contributed by atoms with Crippen LogP contribution in [0.5, 0.6) is 0 Å². The van der Waals surface area contributed by atoms with Crippen molar-refractivity contribution in [2.45, 2.75) is 10.9 Å². The van der Waals surface area contributed by atoms with Gasteiger partial charge >= 0.3 is 0 Å². The molecule has 8 nitrogen and oxygen atoms in total. The van der Waals surface area contributed by atoms with E-state index in [2.05, 4.69) is 10.3 Å². The van der Waals surface area contributed by atoms with E-state index in [0.717, 1.165) is 23.1 Å². The smallest absolute Gasteiger partial charge is 0.252 e. The highest BCUT2D eigenvalue weighted by atomic mass is 32.2. The van der Waals surface area contributed by atoms with Crippen LogP contribution >= 0.6 is 0 Å². The van der Waals surface area contributed by atoms with Gasteiger partial charge in [0.2, 0.25) is 5.91 Å². The molecule has 1 fully saturated rings. The van der Waals surface area contributed by atoms with Crippen molar-refractivity contribution < 1.29 is 22.4 Å². The lowest BCUT2D eigenvalue weighted by Crippen LogP contribution is -2.52. The minimum absolute atomic E-state index is 0.0812. The van der Waals surface area contributed by atoms with E-state index >= 15 is 0 Å². The van der Waals surface area contributed by atoms with Crippen LogP contribution in [0.1, 0.15) is 22.0 Å². The van der Waals surface area contributed by atoms with Gasteiger partial charge in [-0.3, -0.25) is 14.6 Å². The molecule has 2 amide bonds. The minimum Gasteiger partial charge on any atom is -0.367 e. The molecule has 0 aliphatic carbocycles. The Bertz CT molecular complexity index is 1640. The molecule has 39 heavy (non-hydrogen) atoms. The summed E-state index contributed by atoms with van der Waals surface area (Å²) in [6, 6.07) is 19.0. The topological polar surface area (TPSA) is 99.7 Å². The average Bonchev–Trinajstić information content (AvgIpc) is 2.95. The number of hydrogen-bond acceptors (Lipinski definition) is 6. The molecule has 0 spiro atoms. The summed E-state index contributed by atoms with van der Waals surface area (Å²) < 4.78 is 38.3. The molecule has 10 heteroatoms. The third-order valence-electron chi connectivity index (χ3n) is 6.81. The first kappa shape index (κ1) is 26.3. The number of rotatable bonds is 6. The Morgan fingerprint density at radius 2 is 1.67 bits per heavy atom. The summed E-state index contributed by atoms with van der Waals surface area (Å²) in [6.07, 6.45) is 4.41. The molecule has 1 saturated heterocycles. The minimum atomic E-state index is -3.65. The van der Waals surface area contributed by atoms with Crippen LogP contribution in [0.4, 0.5) is 10.1 Å². The van der Waals surface area contributed by atoms with Crippen molar-refractivity contribution in [3.63, 3.8) is 0 Å². The van der Waals surface area contributed by atoms with Gasteiger partial charge in [-0.15, -0.1) is 0 Å².